The smallest absolute Gasteiger partial charge is 0.255 e. The zero-order valence-corrected chi connectivity index (χ0v) is 14.1. The molecule has 3 rings (SSSR count). The molecule has 1 aromatic carbocycles. The highest BCUT2D eigenvalue weighted by Crippen LogP contribution is 2.27. The second-order valence-corrected chi connectivity index (χ2v) is 6.17. The van der Waals surface area contributed by atoms with Crippen molar-refractivity contribution in [2.45, 2.75) is 13.0 Å². The first kappa shape index (κ1) is 15.2. The van der Waals surface area contributed by atoms with E-state index < -0.39 is 0 Å². The van der Waals surface area contributed by atoms with E-state index >= 15 is 0 Å². The first-order valence-electron chi connectivity index (χ1n) is 7.06. The summed E-state index contributed by atoms with van der Waals surface area (Å²) in [6, 6.07) is 5.52. The van der Waals surface area contributed by atoms with Gasteiger partial charge in [-0.15, -0.1) is 0 Å². The molecule has 6 nitrogen and oxygen atoms in total. The van der Waals surface area contributed by atoms with Crippen LogP contribution in [0.2, 0.25) is 0 Å². The molecule has 116 valence electrons. The summed E-state index contributed by atoms with van der Waals surface area (Å²) in [6.45, 7) is 3.50. The number of carbonyl (C=O) groups excluding carboxylic acids is 1. The standard InChI is InChI=1S/C15H17BrN4O2/c1-10-3-4-11(12(16)7-10)15(21)20-5-6-22-8-13(20)14-17-9-18-19(14)2/h3-4,7,9,13H,5-6,8H2,1-2H3. The Balaban J connectivity index is 1.93. The number of ether oxygens (including phenoxy) is 1. The van der Waals surface area contributed by atoms with Crippen LogP contribution in [0.4, 0.5) is 0 Å². The van der Waals surface area contributed by atoms with Gasteiger partial charge in [-0.05, 0) is 40.5 Å². The number of benzene rings is 1. The van der Waals surface area contributed by atoms with E-state index in [2.05, 4.69) is 26.0 Å². The van der Waals surface area contributed by atoms with Crippen molar-refractivity contribution < 1.29 is 9.53 Å². The molecule has 1 atom stereocenters. The number of nitrogens with zero attached hydrogens (tertiary/aromatic N) is 4. The van der Waals surface area contributed by atoms with Crippen LogP contribution in [0.3, 0.4) is 0 Å². The lowest BCUT2D eigenvalue weighted by Crippen LogP contribution is -2.44. The number of carbonyl (C=O) groups is 1. The molecular formula is C15H17BrN4O2. The van der Waals surface area contributed by atoms with Gasteiger partial charge in [0.2, 0.25) is 0 Å². The van der Waals surface area contributed by atoms with Gasteiger partial charge in [-0.25, -0.2) is 4.98 Å². The fourth-order valence-corrected chi connectivity index (χ4v) is 3.28. The molecule has 0 saturated carbocycles. The molecule has 0 N–H and O–H groups in total. The quantitative estimate of drug-likeness (QED) is 0.818. The predicted molar refractivity (Wildman–Crippen MR) is 84.5 cm³/mol. The molecule has 1 unspecified atom stereocenters. The van der Waals surface area contributed by atoms with Crippen LogP contribution in [-0.2, 0) is 11.8 Å². The van der Waals surface area contributed by atoms with Crippen LogP contribution in [0.15, 0.2) is 29.0 Å². The fraction of sp³-hybridized carbons (Fsp3) is 0.400. The zero-order chi connectivity index (χ0) is 15.7. The van der Waals surface area contributed by atoms with Crippen molar-refractivity contribution in [3.05, 3.63) is 46.0 Å². The minimum atomic E-state index is -0.220. The molecular weight excluding hydrogens is 348 g/mol. The summed E-state index contributed by atoms with van der Waals surface area (Å²) in [5.74, 6) is 0.708. The summed E-state index contributed by atoms with van der Waals surface area (Å²) in [7, 11) is 1.82. The number of hydrogen-bond donors (Lipinski definition) is 0. The highest BCUT2D eigenvalue weighted by Gasteiger charge is 2.32. The number of aromatic nitrogens is 3. The SMILES string of the molecule is Cc1ccc(C(=O)N2CCOCC2c2ncnn2C)c(Br)c1. The Kier molecular flexibility index (Phi) is 4.26. The zero-order valence-electron chi connectivity index (χ0n) is 12.5. The van der Waals surface area contributed by atoms with E-state index in [0.717, 1.165) is 15.9 Å². The van der Waals surface area contributed by atoms with Crippen LogP contribution in [0, 0.1) is 6.92 Å². The van der Waals surface area contributed by atoms with E-state index in [-0.39, 0.29) is 11.9 Å². The Bertz CT molecular complexity index is 701. The first-order chi connectivity index (χ1) is 10.6. The summed E-state index contributed by atoms with van der Waals surface area (Å²) in [6.07, 6.45) is 1.49. The molecule has 1 aliphatic rings. The minimum absolute atomic E-state index is 0.0248. The molecule has 0 bridgehead atoms. The lowest BCUT2D eigenvalue weighted by atomic mass is 10.1. The van der Waals surface area contributed by atoms with Gasteiger partial charge in [-0.3, -0.25) is 9.48 Å². The van der Waals surface area contributed by atoms with Crippen molar-refractivity contribution in [1.29, 1.82) is 0 Å². The van der Waals surface area contributed by atoms with Crippen molar-refractivity contribution >= 4 is 21.8 Å². The average molecular weight is 365 g/mol. The van der Waals surface area contributed by atoms with Crippen molar-refractivity contribution in [2.24, 2.45) is 7.05 Å². The maximum Gasteiger partial charge on any atom is 0.255 e. The highest BCUT2D eigenvalue weighted by molar-refractivity contribution is 9.10. The summed E-state index contributed by atoms with van der Waals surface area (Å²) >= 11 is 3.49. The van der Waals surface area contributed by atoms with Gasteiger partial charge in [0.05, 0.1) is 18.8 Å². The average Bonchev–Trinajstić information content (AvgIpc) is 2.93. The molecule has 0 aliphatic carbocycles. The summed E-state index contributed by atoms with van der Waals surface area (Å²) in [5.41, 5.74) is 1.76. The van der Waals surface area contributed by atoms with E-state index in [9.17, 15) is 4.79 Å². The van der Waals surface area contributed by atoms with Gasteiger partial charge >= 0.3 is 0 Å². The Morgan fingerprint density at radius 2 is 2.27 bits per heavy atom. The monoisotopic (exact) mass is 364 g/mol. The second kappa shape index (κ2) is 6.18. The molecule has 0 radical (unpaired) electrons. The van der Waals surface area contributed by atoms with Gasteiger partial charge in [0.15, 0.2) is 5.82 Å². The topological polar surface area (TPSA) is 60.3 Å². The predicted octanol–water partition coefficient (Wildman–Crippen LogP) is 2.10. The van der Waals surface area contributed by atoms with Crippen LogP contribution >= 0.6 is 15.9 Å². The van der Waals surface area contributed by atoms with Crippen molar-refractivity contribution in [3.8, 4) is 0 Å². The summed E-state index contributed by atoms with van der Waals surface area (Å²) < 4.78 is 8.03. The summed E-state index contributed by atoms with van der Waals surface area (Å²) in [5, 5.41) is 4.09. The number of aryl methyl sites for hydroxylation is 2. The molecule has 1 aliphatic heterocycles. The highest BCUT2D eigenvalue weighted by atomic mass is 79.9. The molecule has 1 amide bonds. The van der Waals surface area contributed by atoms with Gasteiger partial charge < -0.3 is 9.64 Å². The fourth-order valence-electron chi connectivity index (χ4n) is 2.62. The van der Waals surface area contributed by atoms with Gasteiger partial charge in [-0.2, -0.15) is 5.10 Å². The van der Waals surface area contributed by atoms with Gasteiger partial charge in [-0.1, -0.05) is 6.07 Å². The third kappa shape index (κ3) is 2.78. The molecule has 2 aromatic rings. The van der Waals surface area contributed by atoms with Gasteiger partial charge in [0.1, 0.15) is 12.4 Å². The van der Waals surface area contributed by atoms with Crippen LogP contribution in [0.1, 0.15) is 27.8 Å². The van der Waals surface area contributed by atoms with E-state index in [1.807, 2.05) is 37.1 Å². The number of rotatable bonds is 2. The molecule has 1 aromatic heterocycles. The number of morpholine rings is 1. The Morgan fingerprint density at radius 1 is 1.45 bits per heavy atom. The Labute approximate surface area is 137 Å². The van der Waals surface area contributed by atoms with E-state index in [4.69, 9.17) is 4.74 Å². The molecule has 2 heterocycles. The third-order valence-corrected chi connectivity index (χ3v) is 4.44. The number of halogens is 1. The second-order valence-electron chi connectivity index (χ2n) is 5.31. The van der Waals surface area contributed by atoms with Crippen LogP contribution < -0.4 is 0 Å². The van der Waals surface area contributed by atoms with Crippen molar-refractivity contribution in [3.63, 3.8) is 0 Å². The van der Waals surface area contributed by atoms with E-state index in [0.29, 0.717) is 25.3 Å². The molecule has 1 fully saturated rings. The normalized spacial score (nSPS) is 18.5. The molecule has 7 heteroatoms. The van der Waals surface area contributed by atoms with Crippen LogP contribution in [0.25, 0.3) is 0 Å². The largest absolute Gasteiger partial charge is 0.377 e. The van der Waals surface area contributed by atoms with Gasteiger partial charge in [0.25, 0.3) is 5.91 Å². The summed E-state index contributed by atoms with van der Waals surface area (Å²) in [4.78, 5) is 19.0. The first-order valence-corrected chi connectivity index (χ1v) is 7.86. The van der Waals surface area contributed by atoms with E-state index in [1.54, 1.807) is 4.68 Å². The number of hydrogen-bond acceptors (Lipinski definition) is 4. The molecule has 0 spiro atoms. The molecule has 22 heavy (non-hydrogen) atoms. The minimum Gasteiger partial charge on any atom is -0.377 e. The van der Waals surface area contributed by atoms with Crippen molar-refractivity contribution in [1.82, 2.24) is 19.7 Å². The maximum absolute atomic E-state index is 12.9. The van der Waals surface area contributed by atoms with Crippen LogP contribution in [-0.4, -0.2) is 45.3 Å². The molecule has 1 saturated heterocycles. The lowest BCUT2D eigenvalue weighted by molar-refractivity contribution is -0.00623. The van der Waals surface area contributed by atoms with E-state index in [1.165, 1.54) is 6.33 Å². The maximum atomic E-state index is 12.9. The van der Waals surface area contributed by atoms with Crippen LogP contribution in [0.5, 0.6) is 0 Å². The Hall–Kier alpha value is -1.73. The van der Waals surface area contributed by atoms with Crippen molar-refractivity contribution in [2.75, 3.05) is 19.8 Å². The number of amides is 1. The van der Waals surface area contributed by atoms with Gasteiger partial charge in [0, 0.05) is 18.1 Å². The lowest BCUT2D eigenvalue weighted by Gasteiger charge is -2.35. The Morgan fingerprint density at radius 3 is 2.95 bits per heavy atom. The third-order valence-electron chi connectivity index (χ3n) is 3.79.